The molecule has 4 nitrogen and oxygen atoms in total. The SMILES string of the molecule is c1ccc(-n2c3ccccc3c3c4c(ccc32)oc2cc(-c3cnc5c(c3)C3(c6ccccc6Sc6cc7c(cc63)-c3ccccc3C73c6ccccc6-c6ccccc63)c3cccnc3-5)ccc24)cc1. The minimum Gasteiger partial charge on any atom is -0.456 e. The minimum atomic E-state index is -0.688. The van der Waals surface area contributed by atoms with Crippen molar-refractivity contribution in [2.75, 3.05) is 0 Å². The summed E-state index contributed by atoms with van der Waals surface area (Å²) in [6, 6.07) is 78.6. The van der Waals surface area contributed by atoms with Gasteiger partial charge in [0.15, 0.2) is 0 Å². The summed E-state index contributed by atoms with van der Waals surface area (Å²) < 4.78 is 9.21. The average Bonchev–Trinajstić information content (AvgIpc) is 4.22. The van der Waals surface area contributed by atoms with Crippen LogP contribution in [0, 0.1) is 0 Å². The number of para-hydroxylation sites is 2. The van der Waals surface area contributed by atoms with E-state index >= 15 is 0 Å². The number of furan rings is 1. The molecule has 13 aromatic rings. The first-order chi connectivity index (χ1) is 35.2. The highest BCUT2D eigenvalue weighted by atomic mass is 32.2. The Labute approximate surface area is 412 Å². The first-order valence-electron chi connectivity index (χ1n) is 24.4. The molecule has 9 aromatic carbocycles. The molecule has 0 saturated heterocycles. The van der Waals surface area contributed by atoms with Gasteiger partial charge in [-0.2, -0.15) is 0 Å². The number of benzene rings is 9. The van der Waals surface area contributed by atoms with Gasteiger partial charge >= 0.3 is 0 Å². The molecule has 0 amide bonds. The van der Waals surface area contributed by atoms with E-state index in [1.165, 1.54) is 81.7 Å². The third kappa shape index (κ3) is 4.59. The van der Waals surface area contributed by atoms with Crippen LogP contribution in [0.25, 0.3) is 94.2 Å². The molecular weight excluding hydrogens is 883 g/mol. The van der Waals surface area contributed by atoms with Gasteiger partial charge in [0, 0.05) is 60.5 Å². The fourth-order valence-corrected chi connectivity index (χ4v) is 14.9. The maximum absolute atomic E-state index is 6.85. The molecule has 2 spiro atoms. The smallest absolute Gasteiger partial charge is 0.136 e. The molecule has 1 atom stereocenters. The minimum absolute atomic E-state index is 0.444. The lowest BCUT2D eigenvalue weighted by Gasteiger charge is -2.40. The van der Waals surface area contributed by atoms with Crippen molar-refractivity contribution in [3.8, 4) is 50.5 Å². The maximum atomic E-state index is 6.85. The fraction of sp³-hybridized carbons (Fsp3) is 0.0303. The first kappa shape index (κ1) is 38.1. The number of aromatic nitrogens is 3. The second kappa shape index (κ2) is 13.5. The lowest BCUT2D eigenvalue weighted by atomic mass is 9.66. The van der Waals surface area contributed by atoms with E-state index < -0.39 is 10.8 Å². The molecule has 4 aliphatic rings. The van der Waals surface area contributed by atoms with Gasteiger partial charge in [0.2, 0.25) is 0 Å². The molecule has 17 rings (SSSR count). The predicted octanol–water partition coefficient (Wildman–Crippen LogP) is 16.3. The highest BCUT2D eigenvalue weighted by Gasteiger charge is 2.56. The van der Waals surface area contributed by atoms with Gasteiger partial charge in [0.05, 0.1) is 33.3 Å². The highest BCUT2D eigenvalue weighted by molar-refractivity contribution is 7.99. The van der Waals surface area contributed by atoms with Crippen molar-refractivity contribution in [2.24, 2.45) is 0 Å². The summed E-state index contributed by atoms with van der Waals surface area (Å²) in [4.78, 5) is 13.1. The van der Waals surface area contributed by atoms with Crippen LogP contribution in [-0.4, -0.2) is 14.5 Å². The van der Waals surface area contributed by atoms with Crippen LogP contribution in [0.15, 0.2) is 239 Å². The molecule has 5 heterocycles. The van der Waals surface area contributed by atoms with Crippen LogP contribution in [0.3, 0.4) is 0 Å². The largest absolute Gasteiger partial charge is 0.456 e. The van der Waals surface area contributed by atoms with Crippen molar-refractivity contribution in [1.29, 1.82) is 0 Å². The van der Waals surface area contributed by atoms with Crippen LogP contribution in [0.4, 0.5) is 0 Å². The normalized spacial score (nSPS) is 16.0. The predicted molar refractivity (Wildman–Crippen MR) is 287 cm³/mol. The molecule has 0 fully saturated rings. The molecule has 5 heteroatoms. The van der Waals surface area contributed by atoms with E-state index in [4.69, 9.17) is 14.4 Å². The molecule has 4 aromatic heterocycles. The van der Waals surface area contributed by atoms with Gasteiger partial charge in [-0.15, -0.1) is 0 Å². The molecule has 0 saturated carbocycles. The monoisotopic (exact) mass is 919 g/mol. The standard InChI is InChI=1S/C66H37N3OS/c1-2-15-40(16-3-1)69-55-26-12-7-20-44(55)61-56(69)30-31-57-62(61)45-29-28-38(34-58(45)70-57)39-33-54-64(68-37-39)63-51(25-14-32-67-63)66(54)50-24-11-13-27-59(50)71-60-36-52-46(35-53(60)66)43-19-6-10-23-49(43)65(52)47-21-8-4-17-41(47)42-18-5-9-22-48(42)65/h1-37H. The molecule has 0 radical (unpaired) electrons. The van der Waals surface area contributed by atoms with Crippen molar-refractivity contribution in [1.82, 2.24) is 14.5 Å². The van der Waals surface area contributed by atoms with Crippen molar-refractivity contribution < 1.29 is 4.42 Å². The maximum Gasteiger partial charge on any atom is 0.136 e. The summed E-state index contributed by atoms with van der Waals surface area (Å²) in [7, 11) is 0. The number of rotatable bonds is 2. The summed E-state index contributed by atoms with van der Waals surface area (Å²) in [5.74, 6) is 0. The lowest BCUT2D eigenvalue weighted by molar-refractivity contribution is 0.669. The zero-order chi connectivity index (χ0) is 46.2. The zero-order valence-corrected chi connectivity index (χ0v) is 38.8. The second-order valence-corrected chi connectivity index (χ2v) is 20.6. The number of hydrogen-bond acceptors (Lipinski definition) is 4. The van der Waals surface area contributed by atoms with E-state index in [0.717, 1.165) is 66.8 Å². The van der Waals surface area contributed by atoms with Gasteiger partial charge in [-0.25, -0.2) is 0 Å². The Kier molecular flexibility index (Phi) is 7.25. The van der Waals surface area contributed by atoms with Gasteiger partial charge in [0.25, 0.3) is 0 Å². The lowest BCUT2D eigenvalue weighted by Crippen LogP contribution is -2.33. The molecule has 0 N–H and O–H groups in total. The average molecular weight is 920 g/mol. The third-order valence-electron chi connectivity index (χ3n) is 16.4. The van der Waals surface area contributed by atoms with E-state index in [9.17, 15) is 0 Å². The number of fused-ring (bicyclic) bond motifs is 26. The third-order valence-corrected chi connectivity index (χ3v) is 17.5. The summed E-state index contributed by atoms with van der Waals surface area (Å²) >= 11 is 1.89. The molecule has 3 aliphatic carbocycles. The van der Waals surface area contributed by atoms with Crippen LogP contribution >= 0.6 is 11.8 Å². The van der Waals surface area contributed by atoms with Crippen LogP contribution in [0.5, 0.6) is 0 Å². The van der Waals surface area contributed by atoms with E-state index in [0.29, 0.717) is 0 Å². The van der Waals surface area contributed by atoms with Crippen LogP contribution in [0.2, 0.25) is 0 Å². The molecule has 328 valence electrons. The summed E-state index contributed by atoms with van der Waals surface area (Å²) in [5, 5.41) is 4.64. The second-order valence-electron chi connectivity index (χ2n) is 19.5. The number of pyridine rings is 2. The Morgan fingerprint density at radius 1 is 0.380 bits per heavy atom. The van der Waals surface area contributed by atoms with Crippen molar-refractivity contribution in [3.05, 3.63) is 269 Å². The first-order valence-corrected chi connectivity index (χ1v) is 25.2. The molecule has 71 heavy (non-hydrogen) atoms. The van der Waals surface area contributed by atoms with Crippen LogP contribution < -0.4 is 0 Å². The quantitative estimate of drug-likeness (QED) is 0.173. The van der Waals surface area contributed by atoms with E-state index in [2.05, 4.69) is 217 Å². The summed E-state index contributed by atoms with van der Waals surface area (Å²) in [6.45, 7) is 0. The Morgan fingerprint density at radius 2 is 1.04 bits per heavy atom. The molecule has 0 bridgehead atoms. The summed E-state index contributed by atoms with van der Waals surface area (Å²) in [6.07, 6.45) is 3.96. The number of nitrogens with zero attached hydrogens (tertiary/aromatic N) is 3. The van der Waals surface area contributed by atoms with Crippen molar-refractivity contribution in [3.63, 3.8) is 0 Å². The van der Waals surface area contributed by atoms with Crippen molar-refractivity contribution >= 4 is 55.5 Å². The van der Waals surface area contributed by atoms with Gasteiger partial charge in [-0.1, -0.05) is 151 Å². The van der Waals surface area contributed by atoms with Gasteiger partial charge in [0.1, 0.15) is 11.2 Å². The van der Waals surface area contributed by atoms with E-state index in [-0.39, 0.29) is 0 Å². The topological polar surface area (TPSA) is 43.9 Å². The van der Waals surface area contributed by atoms with E-state index in [1.807, 2.05) is 24.2 Å². The van der Waals surface area contributed by atoms with Crippen molar-refractivity contribution in [2.45, 2.75) is 20.6 Å². The Bertz CT molecular complexity index is 4480. The van der Waals surface area contributed by atoms with Gasteiger partial charge in [-0.3, -0.25) is 9.97 Å². The Hall–Kier alpha value is -8.77. The Morgan fingerprint density at radius 3 is 1.85 bits per heavy atom. The molecule has 1 unspecified atom stereocenters. The van der Waals surface area contributed by atoms with Gasteiger partial charge < -0.3 is 8.98 Å². The van der Waals surface area contributed by atoms with Crippen LogP contribution in [0.1, 0.15) is 44.5 Å². The Balaban J connectivity index is 0.900. The zero-order valence-electron chi connectivity index (χ0n) is 38.0. The molecule has 1 aliphatic heterocycles. The number of hydrogen-bond donors (Lipinski definition) is 0. The van der Waals surface area contributed by atoms with Crippen LogP contribution in [-0.2, 0) is 10.8 Å². The highest BCUT2D eigenvalue weighted by Crippen LogP contribution is 2.67. The summed E-state index contributed by atoms with van der Waals surface area (Å²) in [5.41, 5.74) is 23.4. The molecular formula is C66H37N3OS. The van der Waals surface area contributed by atoms with E-state index in [1.54, 1.807) is 0 Å². The van der Waals surface area contributed by atoms with Gasteiger partial charge in [-0.05, 0) is 140 Å². The fourth-order valence-electron chi connectivity index (χ4n) is 13.7.